The highest BCUT2D eigenvalue weighted by Gasteiger charge is 2.21. The molecule has 0 heterocycles. The lowest BCUT2D eigenvalue weighted by atomic mass is 10.0. The highest BCUT2D eigenvalue weighted by atomic mass is 35.7. The van der Waals surface area contributed by atoms with Crippen molar-refractivity contribution in [3.8, 4) is 5.75 Å². The van der Waals surface area contributed by atoms with Crippen LogP contribution in [0.5, 0.6) is 5.75 Å². The molecular formula is C22H35ClO5S. The van der Waals surface area contributed by atoms with Crippen LogP contribution < -0.4 is 4.74 Å². The number of carbonyl (C=O) groups is 1. The second kappa shape index (κ2) is 14.7. The van der Waals surface area contributed by atoms with E-state index in [9.17, 15) is 13.2 Å². The number of esters is 1. The fourth-order valence-corrected chi connectivity index (χ4v) is 3.89. The molecule has 7 heteroatoms. The maximum atomic E-state index is 12.2. The predicted octanol–water partition coefficient (Wildman–Crippen LogP) is 6.24. The molecule has 166 valence electrons. The van der Waals surface area contributed by atoms with Crippen molar-refractivity contribution < 1.29 is 22.7 Å². The van der Waals surface area contributed by atoms with Gasteiger partial charge in [-0.05, 0) is 44.0 Å². The fourth-order valence-electron chi connectivity index (χ4n) is 3.12. The number of hydrogen-bond donors (Lipinski definition) is 0. The molecule has 0 aliphatic heterocycles. The van der Waals surface area contributed by atoms with Crippen LogP contribution in [0.15, 0.2) is 29.2 Å². The van der Waals surface area contributed by atoms with Gasteiger partial charge in [0.15, 0.2) is 6.10 Å². The number of hydrogen-bond acceptors (Lipinski definition) is 5. The van der Waals surface area contributed by atoms with Gasteiger partial charge in [-0.2, -0.15) is 0 Å². The Balaban J connectivity index is 2.40. The van der Waals surface area contributed by atoms with Crippen LogP contribution in [0, 0.1) is 0 Å². The third-order valence-electron chi connectivity index (χ3n) is 4.75. The first kappa shape index (κ1) is 25.8. The highest BCUT2D eigenvalue weighted by molar-refractivity contribution is 8.13. The quantitative estimate of drug-likeness (QED) is 0.171. The van der Waals surface area contributed by atoms with Crippen molar-refractivity contribution in [3.63, 3.8) is 0 Å². The summed E-state index contributed by atoms with van der Waals surface area (Å²) in [6, 6.07) is 5.72. The van der Waals surface area contributed by atoms with E-state index < -0.39 is 21.1 Å². The van der Waals surface area contributed by atoms with E-state index in [0.717, 1.165) is 19.3 Å². The lowest BCUT2D eigenvalue weighted by molar-refractivity contribution is -0.151. The maximum absolute atomic E-state index is 12.2. The Morgan fingerprint density at radius 2 is 1.41 bits per heavy atom. The van der Waals surface area contributed by atoms with Crippen LogP contribution in [0.1, 0.15) is 84.5 Å². The van der Waals surface area contributed by atoms with Crippen LogP contribution >= 0.6 is 10.7 Å². The first-order valence-electron chi connectivity index (χ1n) is 10.8. The molecule has 0 aliphatic rings. The standard InChI is InChI=1S/C22H35ClO5S/c1-3-5-6-7-8-9-10-11-12-13-14-21(22(24)27-4-2)28-19-15-17-20(18-16-19)29(23,25)26/h15-18,21H,3-14H2,1-2H3. The summed E-state index contributed by atoms with van der Waals surface area (Å²) in [6.45, 7) is 4.28. The summed E-state index contributed by atoms with van der Waals surface area (Å²) in [5.41, 5.74) is 0. The van der Waals surface area contributed by atoms with Crippen molar-refractivity contribution in [1.82, 2.24) is 0 Å². The normalized spacial score (nSPS) is 12.5. The van der Waals surface area contributed by atoms with E-state index in [1.807, 2.05) is 0 Å². The number of rotatable bonds is 16. The number of benzene rings is 1. The molecule has 0 bridgehead atoms. The van der Waals surface area contributed by atoms with Crippen LogP contribution in [0.2, 0.25) is 0 Å². The summed E-state index contributed by atoms with van der Waals surface area (Å²) >= 11 is 0. The van der Waals surface area contributed by atoms with Gasteiger partial charge in [-0.25, -0.2) is 13.2 Å². The van der Waals surface area contributed by atoms with Crippen LogP contribution in [0.3, 0.4) is 0 Å². The molecule has 29 heavy (non-hydrogen) atoms. The molecular weight excluding hydrogens is 412 g/mol. The van der Waals surface area contributed by atoms with E-state index in [4.69, 9.17) is 20.2 Å². The number of ether oxygens (including phenoxy) is 2. The van der Waals surface area contributed by atoms with Crippen molar-refractivity contribution in [1.29, 1.82) is 0 Å². The number of carbonyl (C=O) groups excluding carboxylic acids is 1. The zero-order valence-corrected chi connectivity index (χ0v) is 19.3. The Bertz CT molecular complexity index is 673. The average Bonchev–Trinajstić information content (AvgIpc) is 2.68. The third kappa shape index (κ3) is 11.5. The lowest BCUT2D eigenvalue weighted by Crippen LogP contribution is -2.29. The van der Waals surface area contributed by atoms with E-state index in [0.29, 0.717) is 18.8 Å². The summed E-state index contributed by atoms with van der Waals surface area (Å²) in [5.74, 6) is 0.0247. The van der Waals surface area contributed by atoms with E-state index >= 15 is 0 Å². The first-order valence-corrected chi connectivity index (χ1v) is 13.1. The molecule has 0 aliphatic carbocycles. The summed E-state index contributed by atoms with van der Waals surface area (Å²) in [7, 11) is 1.54. The molecule has 0 fully saturated rings. The summed E-state index contributed by atoms with van der Waals surface area (Å²) in [6.07, 6.45) is 12.1. The van der Waals surface area contributed by atoms with Gasteiger partial charge in [0.05, 0.1) is 11.5 Å². The molecule has 0 radical (unpaired) electrons. The van der Waals surface area contributed by atoms with E-state index in [1.165, 1.54) is 69.2 Å². The SMILES string of the molecule is CCCCCCCCCCCCC(Oc1ccc(S(=O)(=O)Cl)cc1)C(=O)OCC. The molecule has 1 rings (SSSR count). The molecule has 5 nitrogen and oxygen atoms in total. The monoisotopic (exact) mass is 446 g/mol. The molecule has 0 aromatic heterocycles. The van der Waals surface area contributed by atoms with Gasteiger partial charge in [-0.3, -0.25) is 0 Å². The van der Waals surface area contributed by atoms with Gasteiger partial charge < -0.3 is 9.47 Å². The van der Waals surface area contributed by atoms with E-state index in [-0.39, 0.29) is 4.90 Å². The minimum atomic E-state index is -3.78. The Morgan fingerprint density at radius 1 is 0.897 bits per heavy atom. The van der Waals surface area contributed by atoms with Crippen molar-refractivity contribution in [2.75, 3.05) is 6.61 Å². The van der Waals surface area contributed by atoms with E-state index in [2.05, 4.69) is 6.92 Å². The molecule has 0 N–H and O–H groups in total. The molecule has 0 saturated heterocycles. The summed E-state index contributed by atoms with van der Waals surface area (Å²) < 4.78 is 33.5. The zero-order chi connectivity index (χ0) is 21.5. The smallest absolute Gasteiger partial charge is 0.347 e. The predicted molar refractivity (Wildman–Crippen MR) is 117 cm³/mol. The third-order valence-corrected chi connectivity index (χ3v) is 6.12. The second-order valence-corrected chi connectivity index (χ2v) is 9.80. The van der Waals surface area contributed by atoms with Gasteiger partial charge in [0.2, 0.25) is 0 Å². The Labute approximate surface area is 180 Å². The van der Waals surface area contributed by atoms with Gasteiger partial charge in [0, 0.05) is 10.7 Å². The molecule has 0 amide bonds. The minimum absolute atomic E-state index is 0.00565. The summed E-state index contributed by atoms with van der Waals surface area (Å²) in [4.78, 5) is 12.2. The Kier molecular flexibility index (Phi) is 13.0. The number of halogens is 1. The van der Waals surface area contributed by atoms with Crippen LogP contribution in [-0.4, -0.2) is 27.1 Å². The Hall–Kier alpha value is -1.27. The largest absolute Gasteiger partial charge is 0.479 e. The van der Waals surface area contributed by atoms with Crippen molar-refractivity contribution in [3.05, 3.63) is 24.3 Å². The van der Waals surface area contributed by atoms with Crippen LogP contribution in [0.4, 0.5) is 0 Å². The zero-order valence-electron chi connectivity index (χ0n) is 17.7. The van der Waals surface area contributed by atoms with Gasteiger partial charge in [-0.1, -0.05) is 64.7 Å². The molecule has 1 aromatic carbocycles. The van der Waals surface area contributed by atoms with Gasteiger partial charge in [-0.15, -0.1) is 0 Å². The van der Waals surface area contributed by atoms with Gasteiger partial charge in [0.1, 0.15) is 5.75 Å². The molecule has 1 unspecified atom stereocenters. The molecule has 1 atom stereocenters. The maximum Gasteiger partial charge on any atom is 0.347 e. The fraction of sp³-hybridized carbons (Fsp3) is 0.682. The lowest BCUT2D eigenvalue weighted by Gasteiger charge is -2.18. The van der Waals surface area contributed by atoms with Crippen LogP contribution in [0.25, 0.3) is 0 Å². The molecule has 0 saturated carbocycles. The van der Waals surface area contributed by atoms with Gasteiger partial charge >= 0.3 is 5.97 Å². The topological polar surface area (TPSA) is 69.7 Å². The van der Waals surface area contributed by atoms with Crippen molar-refractivity contribution in [2.45, 2.75) is 95.5 Å². The highest BCUT2D eigenvalue weighted by Crippen LogP contribution is 2.22. The van der Waals surface area contributed by atoms with Crippen molar-refractivity contribution in [2.24, 2.45) is 0 Å². The second-order valence-electron chi connectivity index (χ2n) is 7.24. The van der Waals surface area contributed by atoms with Gasteiger partial charge in [0.25, 0.3) is 9.05 Å². The first-order chi connectivity index (χ1) is 13.9. The average molecular weight is 447 g/mol. The van der Waals surface area contributed by atoms with E-state index in [1.54, 1.807) is 6.92 Å². The molecule has 1 aromatic rings. The molecule has 0 spiro atoms. The summed E-state index contributed by atoms with van der Waals surface area (Å²) in [5, 5.41) is 0. The van der Waals surface area contributed by atoms with Crippen molar-refractivity contribution >= 4 is 25.7 Å². The number of unbranched alkanes of at least 4 members (excludes halogenated alkanes) is 9. The minimum Gasteiger partial charge on any atom is -0.479 e. The Morgan fingerprint density at radius 3 is 1.90 bits per heavy atom. The van der Waals surface area contributed by atoms with Crippen LogP contribution in [-0.2, 0) is 18.6 Å².